The van der Waals surface area contributed by atoms with Gasteiger partial charge in [-0.3, -0.25) is 0 Å². The van der Waals surface area contributed by atoms with Crippen molar-refractivity contribution in [1.29, 1.82) is 0 Å². The van der Waals surface area contributed by atoms with E-state index in [0.29, 0.717) is 0 Å². The predicted octanol–water partition coefficient (Wildman–Crippen LogP) is 1.58. The van der Waals surface area contributed by atoms with Crippen LogP contribution in [0.25, 0.3) is 0 Å². The molecule has 1 aliphatic rings. The molecule has 2 rings (SSSR count). The molecule has 0 saturated heterocycles. The Hall–Kier alpha value is -0.990. The van der Waals surface area contributed by atoms with E-state index < -0.39 is 10.0 Å². The molecule has 1 aliphatic heterocycles. The lowest BCUT2D eigenvalue weighted by atomic mass is 10.1. The lowest BCUT2D eigenvalue weighted by Gasteiger charge is -2.23. The van der Waals surface area contributed by atoms with Crippen LogP contribution in [0.2, 0.25) is 0 Å². The second kappa shape index (κ2) is 7.06. The van der Waals surface area contributed by atoms with Crippen LogP contribution < -0.4 is 4.72 Å². The zero-order valence-electron chi connectivity index (χ0n) is 13.7. The molecule has 0 saturated carbocycles. The Morgan fingerprint density at radius 1 is 1.36 bits per heavy atom. The number of nitrogens with one attached hydrogen (secondary N) is 1. The van der Waals surface area contributed by atoms with Crippen molar-refractivity contribution in [3.63, 3.8) is 0 Å². The van der Waals surface area contributed by atoms with Gasteiger partial charge in [-0.1, -0.05) is 13.8 Å². The van der Waals surface area contributed by atoms with Crippen molar-refractivity contribution in [1.82, 2.24) is 19.5 Å². The normalized spacial score (nSPS) is 18.9. The fourth-order valence-corrected chi connectivity index (χ4v) is 3.48. The topological polar surface area (TPSA) is 86.1 Å². The minimum Gasteiger partial charge on any atom is -0.378 e. The first-order chi connectivity index (χ1) is 10.3. The van der Waals surface area contributed by atoms with Crippen LogP contribution in [0.5, 0.6) is 0 Å². The highest BCUT2D eigenvalue weighted by atomic mass is 32.2. The van der Waals surface area contributed by atoms with Gasteiger partial charge in [-0.05, 0) is 26.7 Å². The first-order valence-corrected chi connectivity index (χ1v) is 9.50. The van der Waals surface area contributed by atoms with Crippen LogP contribution >= 0.6 is 0 Å². The third-order valence-corrected chi connectivity index (χ3v) is 4.88. The average molecular weight is 330 g/mol. The summed E-state index contributed by atoms with van der Waals surface area (Å²) < 4.78 is 34.3. The highest BCUT2D eigenvalue weighted by Crippen LogP contribution is 2.25. The van der Waals surface area contributed by atoms with E-state index in [1.165, 1.54) is 0 Å². The number of aryl methyl sites for hydroxylation is 1. The molecule has 0 aliphatic carbocycles. The summed E-state index contributed by atoms with van der Waals surface area (Å²) in [5.74, 6) is 1.69. The second-order valence-electron chi connectivity index (χ2n) is 6.26. The maximum atomic E-state index is 12.2. The van der Waals surface area contributed by atoms with Gasteiger partial charge in [-0.15, -0.1) is 0 Å². The van der Waals surface area contributed by atoms with Gasteiger partial charge in [-0.2, -0.15) is 5.10 Å². The van der Waals surface area contributed by atoms with Gasteiger partial charge in [-0.25, -0.2) is 22.8 Å². The van der Waals surface area contributed by atoms with Crippen molar-refractivity contribution in [3.8, 4) is 0 Å². The maximum Gasteiger partial charge on any atom is 0.214 e. The quantitative estimate of drug-likeness (QED) is 0.820. The number of aromatic nitrogens is 3. The zero-order chi connectivity index (χ0) is 16.3. The van der Waals surface area contributed by atoms with Gasteiger partial charge in [0.2, 0.25) is 10.0 Å². The summed E-state index contributed by atoms with van der Waals surface area (Å²) in [6, 6.07) is -0.294. The number of nitrogens with zero attached hydrogens (tertiary/aromatic N) is 3. The molecule has 22 heavy (non-hydrogen) atoms. The van der Waals surface area contributed by atoms with Crippen LogP contribution in [-0.4, -0.2) is 41.6 Å². The van der Waals surface area contributed by atoms with Gasteiger partial charge < -0.3 is 4.74 Å². The SMILES string of the molecule is CC(C)OCCS(=O)(=O)N[C@@H]1CCCn2nc(C(C)C)nc21. The van der Waals surface area contributed by atoms with E-state index in [4.69, 9.17) is 4.74 Å². The summed E-state index contributed by atoms with van der Waals surface area (Å²) in [5, 5.41) is 4.46. The van der Waals surface area contributed by atoms with E-state index >= 15 is 0 Å². The van der Waals surface area contributed by atoms with Crippen LogP contribution in [0.3, 0.4) is 0 Å². The monoisotopic (exact) mass is 330 g/mol. The number of hydrogen-bond donors (Lipinski definition) is 1. The van der Waals surface area contributed by atoms with Crippen LogP contribution in [0, 0.1) is 0 Å². The molecule has 126 valence electrons. The van der Waals surface area contributed by atoms with Crippen LogP contribution in [0.4, 0.5) is 0 Å². The fraction of sp³-hybridized carbons (Fsp3) is 0.857. The van der Waals surface area contributed by atoms with E-state index in [2.05, 4.69) is 14.8 Å². The molecule has 0 radical (unpaired) electrons. The molecule has 1 aromatic heterocycles. The molecule has 1 aromatic rings. The number of rotatable bonds is 7. The maximum absolute atomic E-state index is 12.2. The molecule has 1 atom stereocenters. The van der Waals surface area contributed by atoms with Gasteiger partial charge in [0.1, 0.15) is 5.82 Å². The second-order valence-corrected chi connectivity index (χ2v) is 8.13. The molecule has 0 spiro atoms. The van der Waals surface area contributed by atoms with Gasteiger partial charge in [0.05, 0.1) is 24.5 Å². The van der Waals surface area contributed by atoms with Crippen LogP contribution in [-0.2, 0) is 21.3 Å². The Kier molecular flexibility index (Phi) is 5.57. The minimum atomic E-state index is -3.39. The Bertz CT molecular complexity index is 595. The van der Waals surface area contributed by atoms with Crippen molar-refractivity contribution in [3.05, 3.63) is 11.6 Å². The van der Waals surface area contributed by atoms with Gasteiger partial charge in [0.15, 0.2) is 5.82 Å². The van der Waals surface area contributed by atoms with E-state index in [1.54, 1.807) is 0 Å². The molecule has 0 fully saturated rings. The van der Waals surface area contributed by atoms with Crippen molar-refractivity contribution < 1.29 is 13.2 Å². The summed E-state index contributed by atoms with van der Waals surface area (Å²) in [4.78, 5) is 4.52. The lowest BCUT2D eigenvalue weighted by molar-refractivity contribution is 0.0911. The summed E-state index contributed by atoms with van der Waals surface area (Å²) in [6.07, 6.45) is 1.67. The highest BCUT2D eigenvalue weighted by Gasteiger charge is 2.28. The molecule has 1 N–H and O–H groups in total. The molecule has 2 heterocycles. The number of hydrogen-bond acceptors (Lipinski definition) is 5. The highest BCUT2D eigenvalue weighted by molar-refractivity contribution is 7.89. The number of fused-ring (bicyclic) bond motifs is 1. The van der Waals surface area contributed by atoms with Crippen molar-refractivity contribution in [2.75, 3.05) is 12.4 Å². The lowest BCUT2D eigenvalue weighted by Crippen LogP contribution is -2.35. The standard InChI is InChI=1S/C14H26N4O3S/c1-10(2)13-15-14-12(6-5-7-18(14)16-13)17-22(19,20)9-8-21-11(3)4/h10-12,17H,5-9H2,1-4H3/t12-/m1/s1. The number of ether oxygens (including phenoxy) is 1. The van der Waals surface area contributed by atoms with Crippen LogP contribution in [0.15, 0.2) is 0 Å². The largest absolute Gasteiger partial charge is 0.378 e. The summed E-state index contributed by atoms with van der Waals surface area (Å²) in [5.41, 5.74) is 0. The summed E-state index contributed by atoms with van der Waals surface area (Å²) >= 11 is 0. The van der Waals surface area contributed by atoms with E-state index in [0.717, 1.165) is 31.0 Å². The zero-order valence-corrected chi connectivity index (χ0v) is 14.6. The first kappa shape index (κ1) is 17.4. The van der Waals surface area contributed by atoms with E-state index in [9.17, 15) is 8.42 Å². The predicted molar refractivity (Wildman–Crippen MR) is 84.1 cm³/mol. The molecule has 0 bridgehead atoms. The molecule has 0 amide bonds. The Labute approximate surface area is 132 Å². The van der Waals surface area contributed by atoms with Crippen molar-refractivity contribution >= 4 is 10.0 Å². The molecular formula is C14H26N4O3S. The Morgan fingerprint density at radius 3 is 2.73 bits per heavy atom. The van der Waals surface area contributed by atoms with E-state index in [1.807, 2.05) is 32.4 Å². The van der Waals surface area contributed by atoms with Crippen molar-refractivity contribution in [2.45, 2.75) is 65.1 Å². The first-order valence-electron chi connectivity index (χ1n) is 7.84. The van der Waals surface area contributed by atoms with Crippen LogP contribution in [0.1, 0.15) is 64.1 Å². The van der Waals surface area contributed by atoms with Crippen molar-refractivity contribution in [2.24, 2.45) is 0 Å². The molecule has 8 heteroatoms. The summed E-state index contributed by atoms with van der Waals surface area (Å²) in [7, 11) is -3.39. The molecule has 7 nitrogen and oxygen atoms in total. The van der Waals surface area contributed by atoms with Gasteiger partial charge in [0.25, 0.3) is 0 Å². The average Bonchev–Trinajstić information content (AvgIpc) is 2.82. The molecule has 0 unspecified atom stereocenters. The summed E-state index contributed by atoms with van der Waals surface area (Å²) in [6.45, 7) is 8.83. The molecular weight excluding hydrogens is 304 g/mol. The third kappa shape index (κ3) is 4.50. The minimum absolute atomic E-state index is 0.0292. The smallest absolute Gasteiger partial charge is 0.214 e. The van der Waals surface area contributed by atoms with Gasteiger partial charge >= 0.3 is 0 Å². The Morgan fingerprint density at radius 2 is 2.09 bits per heavy atom. The molecule has 0 aromatic carbocycles. The Balaban J connectivity index is 2.05. The fourth-order valence-electron chi connectivity index (χ4n) is 2.39. The van der Waals surface area contributed by atoms with Gasteiger partial charge in [0, 0.05) is 12.5 Å². The van der Waals surface area contributed by atoms with E-state index in [-0.39, 0.29) is 30.4 Å². The third-order valence-electron chi connectivity index (χ3n) is 3.53. The number of sulfonamides is 1.